The molecule has 0 saturated heterocycles. The number of hydrogen-bond donors (Lipinski definition) is 2. The summed E-state index contributed by atoms with van der Waals surface area (Å²) in [5.74, 6) is -0.0987. The quantitative estimate of drug-likeness (QED) is 0.674. The summed E-state index contributed by atoms with van der Waals surface area (Å²) in [6.45, 7) is 1.73. The van der Waals surface area contributed by atoms with Crippen LogP contribution in [0.1, 0.15) is 11.4 Å². The molecule has 1 heterocycles. The van der Waals surface area contributed by atoms with Gasteiger partial charge in [0.2, 0.25) is 0 Å². The smallest absolute Gasteiger partial charge is 0.145 e. The second-order valence-electron chi connectivity index (χ2n) is 2.10. The van der Waals surface area contributed by atoms with Crippen molar-refractivity contribution in [2.24, 2.45) is 0 Å². The molecule has 0 unspecified atom stereocenters. The van der Waals surface area contributed by atoms with Gasteiger partial charge in [0.25, 0.3) is 0 Å². The van der Waals surface area contributed by atoms with E-state index < -0.39 is 10.7 Å². The molecule has 4 nitrogen and oxygen atoms in total. The summed E-state index contributed by atoms with van der Waals surface area (Å²) in [5, 5.41) is 6.71. The van der Waals surface area contributed by atoms with E-state index in [2.05, 4.69) is 10.2 Å². The van der Waals surface area contributed by atoms with Crippen LogP contribution in [0.25, 0.3) is 0 Å². The number of nitrogens with one attached hydrogen (secondary N) is 1. The van der Waals surface area contributed by atoms with E-state index in [1.165, 1.54) is 0 Å². The molecule has 62 valence electrons. The van der Waals surface area contributed by atoms with Gasteiger partial charge >= 0.3 is 0 Å². The Morgan fingerprint density at radius 3 is 2.64 bits per heavy atom. The normalized spacial score (nSPS) is 10.8. The van der Waals surface area contributed by atoms with Crippen LogP contribution in [0, 0.1) is 6.92 Å². The molecule has 1 N–H and O–H groups in total. The molecule has 11 heavy (non-hydrogen) atoms. The fourth-order valence-corrected chi connectivity index (χ4v) is 1.41. The molecule has 0 bridgehead atoms. The number of aryl methyl sites for hydroxylation is 1. The maximum atomic E-state index is 10.3. The summed E-state index contributed by atoms with van der Waals surface area (Å²) in [5.41, 5.74) is 1.08. The molecule has 1 aromatic heterocycles. The van der Waals surface area contributed by atoms with Crippen LogP contribution < -0.4 is 0 Å². The fourth-order valence-electron chi connectivity index (χ4n) is 0.693. The van der Waals surface area contributed by atoms with Crippen LogP contribution in [0.15, 0.2) is 0 Å². The first-order valence-electron chi connectivity index (χ1n) is 2.92. The maximum Gasteiger partial charge on any atom is 0.145 e. The zero-order chi connectivity index (χ0) is 8.43. The Balaban J connectivity index is 2.95. The average Bonchev–Trinajstić information content (AvgIpc) is 2.18. The lowest BCUT2D eigenvalue weighted by atomic mass is 10.4. The molecule has 0 saturated carbocycles. The summed E-state index contributed by atoms with van der Waals surface area (Å²) < 4.78 is 20.5. The number of nitrogens with zero attached hydrogens (tertiary/aromatic N) is 1. The van der Waals surface area contributed by atoms with Crippen molar-refractivity contribution in [3.8, 4) is 0 Å². The molecule has 0 aromatic carbocycles. The highest BCUT2D eigenvalue weighted by molar-refractivity contribution is 7.71. The van der Waals surface area contributed by atoms with E-state index in [0.29, 0.717) is 16.4 Å². The molecule has 6 heteroatoms. The highest BCUT2D eigenvalue weighted by Crippen LogP contribution is 2.17. The molecular formula is C5H7ClN2O2S. The van der Waals surface area contributed by atoms with Crippen molar-refractivity contribution in [3.05, 3.63) is 16.4 Å². The molecule has 1 aromatic rings. The van der Waals surface area contributed by atoms with Crippen molar-refractivity contribution in [2.75, 3.05) is 0 Å². The minimum atomic E-state index is -2.45. The second-order valence-corrected chi connectivity index (χ2v) is 3.46. The summed E-state index contributed by atoms with van der Waals surface area (Å²) >= 11 is 5.69. The van der Waals surface area contributed by atoms with Crippen LogP contribution in [0.4, 0.5) is 0 Å². The largest absolute Gasteiger partial charge is 0.281 e. The lowest BCUT2D eigenvalue weighted by Crippen LogP contribution is -1.87. The van der Waals surface area contributed by atoms with Crippen molar-refractivity contribution in [1.29, 1.82) is 0 Å². The van der Waals surface area contributed by atoms with Crippen LogP contribution in [0.5, 0.6) is 0 Å². The van der Waals surface area contributed by atoms with Crippen LogP contribution in [-0.2, 0) is 16.5 Å². The van der Waals surface area contributed by atoms with E-state index in [4.69, 9.17) is 11.6 Å². The van der Waals surface area contributed by atoms with Gasteiger partial charge in [-0.2, -0.15) is 5.10 Å². The van der Waals surface area contributed by atoms with Crippen LogP contribution in [0.3, 0.4) is 0 Å². The number of aromatic nitrogens is 2. The molecule has 0 aliphatic carbocycles. The number of H-pyrrole nitrogens is 1. The molecule has 0 atom stereocenters. The standard InChI is InChI=1S/C5H7ClN2O2S/c1-3-5(6)4(8-7-3)2-11(9)10/h11H,2H2,1H3,(H,7,8). The van der Waals surface area contributed by atoms with E-state index in [1.54, 1.807) is 6.92 Å². The van der Waals surface area contributed by atoms with Crippen molar-refractivity contribution in [1.82, 2.24) is 10.2 Å². The third-order valence-electron chi connectivity index (χ3n) is 1.22. The number of hydrogen-bond acceptors (Lipinski definition) is 3. The van der Waals surface area contributed by atoms with Gasteiger partial charge < -0.3 is 0 Å². The molecular weight excluding hydrogens is 188 g/mol. The van der Waals surface area contributed by atoms with Crippen molar-refractivity contribution >= 4 is 22.3 Å². The summed E-state index contributed by atoms with van der Waals surface area (Å²) in [6, 6.07) is 0. The molecule has 0 aliphatic heterocycles. The monoisotopic (exact) mass is 194 g/mol. The molecule has 0 radical (unpaired) electrons. The van der Waals surface area contributed by atoms with E-state index in [9.17, 15) is 8.42 Å². The minimum absolute atomic E-state index is 0.0987. The van der Waals surface area contributed by atoms with Gasteiger partial charge in [0.15, 0.2) is 0 Å². The fraction of sp³-hybridized carbons (Fsp3) is 0.400. The van der Waals surface area contributed by atoms with Crippen LogP contribution in [-0.4, -0.2) is 18.6 Å². The topological polar surface area (TPSA) is 62.8 Å². The Morgan fingerprint density at radius 2 is 2.27 bits per heavy atom. The zero-order valence-corrected chi connectivity index (χ0v) is 7.45. The van der Waals surface area contributed by atoms with E-state index in [0.717, 1.165) is 0 Å². The van der Waals surface area contributed by atoms with Gasteiger partial charge in [0.05, 0.1) is 22.2 Å². The molecule has 0 fully saturated rings. The van der Waals surface area contributed by atoms with Crippen LogP contribution >= 0.6 is 11.6 Å². The molecule has 0 spiro atoms. The Kier molecular flexibility index (Phi) is 2.51. The first-order chi connectivity index (χ1) is 5.11. The minimum Gasteiger partial charge on any atom is -0.281 e. The zero-order valence-electron chi connectivity index (χ0n) is 5.80. The van der Waals surface area contributed by atoms with Crippen molar-refractivity contribution in [2.45, 2.75) is 12.7 Å². The SMILES string of the molecule is Cc1[nH]nc(C[SH](=O)=O)c1Cl. The van der Waals surface area contributed by atoms with Crippen molar-refractivity contribution < 1.29 is 8.42 Å². The van der Waals surface area contributed by atoms with Crippen LogP contribution in [0.2, 0.25) is 5.02 Å². The number of halogens is 1. The van der Waals surface area contributed by atoms with E-state index in [1.807, 2.05) is 0 Å². The van der Waals surface area contributed by atoms with Gasteiger partial charge in [0.1, 0.15) is 10.7 Å². The average molecular weight is 195 g/mol. The Bertz CT molecular complexity index is 323. The predicted molar refractivity (Wildman–Crippen MR) is 42.4 cm³/mol. The molecule has 0 amide bonds. The number of aromatic amines is 1. The Morgan fingerprint density at radius 1 is 1.64 bits per heavy atom. The van der Waals surface area contributed by atoms with Gasteiger partial charge in [-0.05, 0) is 6.92 Å². The highest BCUT2D eigenvalue weighted by atomic mass is 35.5. The first-order valence-corrected chi connectivity index (χ1v) is 4.66. The second kappa shape index (κ2) is 3.23. The highest BCUT2D eigenvalue weighted by Gasteiger charge is 2.07. The first kappa shape index (κ1) is 8.55. The number of rotatable bonds is 2. The third kappa shape index (κ3) is 1.94. The van der Waals surface area contributed by atoms with E-state index >= 15 is 0 Å². The van der Waals surface area contributed by atoms with Gasteiger partial charge in [-0.15, -0.1) is 0 Å². The van der Waals surface area contributed by atoms with Gasteiger partial charge in [-0.25, -0.2) is 8.42 Å². The summed E-state index contributed by atoms with van der Waals surface area (Å²) in [7, 11) is -2.45. The molecule has 1 rings (SSSR count). The van der Waals surface area contributed by atoms with Gasteiger partial charge in [-0.3, -0.25) is 5.10 Å². The Hall–Kier alpha value is -0.550. The maximum absolute atomic E-state index is 10.3. The molecule has 0 aliphatic rings. The summed E-state index contributed by atoms with van der Waals surface area (Å²) in [6.07, 6.45) is 0. The van der Waals surface area contributed by atoms with Crippen molar-refractivity contribution in [3.63, 3.8) is 0 Å². The lowest BCUT2D eigenvalue weighted by molar-refractivity contribution is 0.613. The third-order valence-corrected chi connectivity index (χ3v) is 2.28. The summed E-state index contributed by atoms with van der Waals surface area (Å²) in [4.78, 5) is 0. The van der Waals surface area contributed by atoms with E-state index in [-0.39, 0.29) is 5.75 Å². The lowest BCUT2D eigenvalue weighted by Gasteiger charge is -1.86. The van der Waals surface area contributed by atoms with Gasteiger partial charge in [0, 0.05) is 0 Å². The number of thiol groups is 1. The Labute approximate surface area is 70.5 Å². The van der Waals surface area contributed by atoms with Gasteiger partial charge in [-0.1, -0.05) is 11.6 Å². The predicted octanol–water partition coefficient (Wildman–Crippen LogP) is 0.483.